The summed E-state index contributed by atoms with van der Waals surface area (Å²) in [7, 11) is 1.52. The van der Waals surface area contributed by atoms with E-state index >= 15 is 0 Å². The van der Waals surface area contributed by atoms with Crippen LogP contribution in [0.3, 0.4) is 0 Å². The van der Waals surface area contributed by atoms with Gasteiger partial charge in [-0.2, -0.15) is 0 Å². The third kappa shape index (κ3) is 10.9. The van der Waals surface area contributed by atoms with Gasteiger partial charge in [-0.1, -0.05) is 6.08 Å². The molecule has 11 nitrogen and oxygen atoms in total. The second-order valence-electron chi connectivity index (χ2n) is 5.73. The van der Waals surface area contributed by atoms with Crippen LogP contribution in [0.25, 0.3) is 0 Å². The molecule has 0 aromatic carbocycles. The quantitative estimate of drug-likeness (QED) is 0.0541. The highest BCUT2D eigenvalue weighted by Crippen LogP contribution is 2.03. The summed E-state index contributed by atoms with van der Waals surface area (Å²) >= 11 is 0. The molecule has 0 aromatic rings. The first-order chi connectivity index (χ1) is 12.9. The van der Waals surface area contributed by atoms with E-state index in [4.69, 9.17) is 17.2 Å². The highest BCUT2D eigenvalue weighted by atomic mass is 16.3. The number of carbonyl (C=O) groups excluding carboxylic acids is 3. The van der Waals surface area contributed by atoms with Crippen molar-refractivity contribution < 1.29 is 19.5 Å². The van der Waals surface area contributed by atoms with E-state index < -0.39 is 30.5 Å². The molecule has 1 unspecified atom stereocenters. The number of unbranched alkanes of at least 4 members (excludes halogenated alkanes) is 1. The molecular formula is C16H31N7O4. The predicted octanol–water partition coefficient (Wildman–Crippen LogP) is -2.96. The second-order valence-corrected chi connectivity index (χ2v) is 5.73. The zero-order chi connectivity index (χ0) is 20.7. The van der Waals surface area contributed by atoms with E-state index in [9.17, 15) is 19.5 Å². The molecule has 0 aromatic heterocycles. The average Bonchev–Trinajstić information content (AvgIpc) is 2.64. The van der Waals surface area contributed by atoms with Crippen LogP contribution in [0.1, 0.15) is 25.7 Å². The number of aliphatic imine (C=N–C) groups is 1. The van der Waals surface area contributed by atoms with Gasteiger partial charge < -0.3 is 38.3 Å². The maximum Gasteiger partial charge on any atom is 0.247 e. The van der Waals surface area contributed by atoms with Crippen molar-refractivity contribution in [1.29, 1.82) is 0 Å². The lowest BCUT2D eigenvalue weighted by molar-refractivity contribution is -0.130. The van der Waals surface area contributed by atoms with Gasteiger partial charge in [0.15, 0.2) is 12.2 Å². The Balaban J connectivity index is 4.97. The first-order valence-corrected chi connectivity index (χ1v) is 8.69. The molecule has 0 spiro atoms. The zero-order valence-corrected chi connectivity index (χ0v) is 15.6. The number of nitrogens with zero attached hydrogens (tertiary/aromatic N) is 1. The van der Waals surface area contributed by atoms with Crippen molar-refractivity contribution in [3.8, 4) is 0 Å². The lowest BCUT2D eigenvalue weighted by Crippen LogP contribution is -2.53. The summed E-state index contributed by atoms with van der Waals surface area (Å²) in [4.78, 5) is 39.5. The van der Waals surface area contributed by atoms with E-state index in [0.717, 1.165) is 0 Å². The summed E-state index contributed by atoms with van der Waals surface area (Å²) in [6.07, 6.45) is 3.98. The van der Waals surface area contributed by atoms with Gasteiger partial charge in [0.25, 0.3) is 0 Å². The topological polar surface area (TPSA) is 198 Å². The molecule has 0 radical (unpaired) electrons. The van der Waals surface area contributed by atoms with Gasteiger partial charge in [0.2, 0.25) is 11.8 Å². The van der Waals surface area contributed by atoms with Gasteiger partial charge in [0.05, 0.1) is 12.3 Å². The van der Waals surface area contributed by atoms with E-state index in [2.05, 4.69) is 20.9 Å². The Morgan fingerprint density at radius 1 is 1.19 bits per heavy atom. The van der Waals surface area contributed by atoms with Crippen LogP contribution < -0.4 is 33.2 Å². The van der Waals surface area contributed by atoms with Crippen molar-refractivity contribution in [2.24, 2.45) is 22.2 Å². The first-order valence-electron chi connectivity index (χ1n) is 8.69. The largest absolute Gasteiger partial charge is 0.394 e. The van der Waals surface area contributed by atoms with Crippen LogP contribution in [-0.4, -0.2) is 68.0 Å². The maximum atomic E-state index is 12.5. The lowest BCUT2D eigenvalue weighted by atomic mass is 10.1. The van der Waals surface area contributed by atoms with Crippen LogP contribution in [-0.2, 0) is 14.4 Å². The number of aldehydes is 1. The van der Waals surface area contributed by atoms with Gasteiger partial charge in [-0.3, -0.25) is 19.4 Å². The molecular weight excluding hydrogens is 354 g/mol. The third-order valence-corrected chi connectivity index (χ3v) is 3.61. The molecule has 0 fully saturated rings. The monoisotopic (exact) mass is 385 g/mol. The predicted molar refractivity (Wildman–Crippen MR) is 102 cm³/mol. The number of nitrogens with one attached hydrogen (secondary N) is 3. The van der Waals surface area contributed by atoms with E-state index in [1.165, 1.54) is 13.1 Å². The van der Waals surface area contributed by atoms with Gasteiger partial charge in [-0.05, 0) is 39.3 Å². The highest BCUT2D eigenvalue weighted by molar-refractivity contribution is 5.93. The Morgan fingerprint density at radius 2 is 1.89 bits per heavy atom. The van der Waals surface area contributed by atoms with Gasteiger partial charge in [0.1, 0.15) is 12.1 Å². The summed E-state index contributed by atoms with van der Waals surface area (Å²) in [5.74, 6) is -1.11. The summed E-state index contributed by atoms with van der Waals surface area (Å²) in [5, 5.41) is 16.9. The Bertz CT molecular complexity index is 529. The molecule has 27 heavy (non-hydrogen) atoms. The fraction of sp³-hybridized carbons (Fsp3) is 0.625. The van der Waals surface area contributed by atoms with E-state index in [1.54, 1.807) is 0 Å². The number of hydrogen-bond donors (Lipinski definition) is 7. The van der Waals surface area contributed by atoms with Gasteiger partial charge in [-0.25, -0.2) is 0 Å². The van der Waals surface area contributed by atoms with Crippen LogP contribution in [0.4, 0.5) is 0 Å². The SMILES string of the molecule is CNC(CO)C(=O)N[C@@H](CCCCN)C(=O)N/C(C=O)=C\CCN=C(N)N. The summed E-state index contributed by atoms with van der Waals surface area (Å²) in [6, 6.07) is -1.71. The molecule has 11 heteroatoms. The molecule has 0 bridgehead atoms. The minimum atomic E-state index is -0.868. The number of nitrogens with two attached hydrogens (primary N) is 3. The van der Waals surface area contributed by atoms with E-state index in [0.29, 0.717) is 38.5 Å². The molecule has 0 saturated carbocycles. The molecule has 2 atom stereocenters. The number of aliphatic hydroxyl groups excluding tert-OH is 1. The first kappa shape index (κ1) is 24.5. The Labute approximate surface area is 158 Å². The smallest absolute Gasteiger partial charge is 0.247 e. The maximum absolute atomic E-state index is 12.5. The zero-order valence-electron chi connectivity index (χ0n) is 15.6. The van der Waals surface area contributed by atoms with Gasteiger partial charge in [-0.15, -0.1) is 0 Å². The Morgan fingerprint density at radius 3 is 2.41 bits per heavy atom. The van der Waals surface area contributed by atoms with Crippen LogP contribution in [0.15, 0.2) is 16.8 Å². The normalized spacial score (nSPS) is 13.4. The molecule has 154 valence electrons. The number of carbonyl (C=O) groups is 3. The van der Waals surface area contributed by atoms with Gasteiger partial charge in [0, 0.05) is 6.54 Å². The summed E-state index contributed by atoms with van der Waals surface area (Å²) in [5.41, 5.74) is 15.9. The number of allylic oxidation sites excluding steroid dienone is 1. The minimum Gasteiger partial charge on any atom is -0.394 e. The highest BCUT2D eigenvalue weighted by Gasteiger charge is 2.24. The summed E-state index contributed by atoms with van der Waals surface area (Å²) < 4.78 is 0. The number of likely N-dealkylation sites (N-methyl/N-ethyl adjacent to an activating group) is 1. The van der Waals surface area contributed by atoms with Crippen molar-refractivity contribution in [2.75, 3.05) is 26.7 Å². The number of rotatable bonds is 14. The molecule has 10 N–H and O–H groups in total. The molecule has 0 aliphatic rings. The number of guanidine groups is 1. The third-order valence-electron chi connectivity index (χ3n) is 3.61. The van der Waals surface area contributed by atoms with E-state index in [1.807, 2.05) is 0 Å². The fourth-order valence-corrected chi connectivity index (χ4v) is 2.11. The molecule has 2 amide bonds. The molecule has 0 heterocycles. The molecule has 0 aliphatic carbocycles. The van der Waals surface area contributed by atoms with Gasteiger partial charge >= 0.3 is 0 Å². The lowest BCUT2D eigenvalue weighted by Gasteiger charge is -2.21. The van der Waals surface area contributed by atoms with Crippen LogP contribution >= 0.6 is 0 Å². The fourth-order valence-electron chi connectivity index (χ4n) is 2.11. The standard InChI is InChI=1S/C16H31N7O4/c1-20-13(10-25)15(27)23-12(6-2-3-7-17)14(26)22-11(9-24)5-4-8-21-16(18)19/h5,9,12-13,20,25H,2-4,6-8,10,17H2,1H3,(H,22,26)(H,23,27)(H4,18,19,21)/b11-5-/t12-,13?/m0/s1. The average molecular weight is 385 g/mol. The minimum absolute atomic E-state index is 0.0520. The second kappa shape index (κ2) is 14.6. The molecule has 0 rings (SSSR count). The van der Waals surface area contributed by atoms with Crippen molar-refractivity contribution in [2.45, 2.75) is 37.8 Å². The van der Waals surface area contributed by atoms with Crippen molar-refractivity contribution in [1.82, 2.24) is 16.0 Å². The Kier molecular flexibility index (Phi) is 13.3. The Hall–Kier alpha value is -2.50. The number of amides is 2. The van der Waals surface area contributed by atoms with Crippen molar-refractivity contribution in [3.63, 3.8) is 0 Å². The summed E-state index contributed by atoms with van der Waals surface area (Å²) in [6.45, 7) is 0.318. The van der Waals surface area contributed by atoms with Crippen LogP contribution in [0.2, 0.25) is 0 Å². The number of hydrogen-bond acceptors (Lipinski definition) is 7. The van der Waals surface area contributed by atoms with Crippen molar-refractivity contribution >= 4 is 24.1 Å². The number of aliphatic hydroxyl groups is 1. The molecule has 0 saturated heterocycles. The van der Waals surface area contributed by atoms with E-state index in [-0.39, 0.29) is 18.2 Å². The van der Waals surface area contributed by atoms with Crippen LogP contribution in [0, 0.1) is 0 Å². The molecule has 0 aliphatic heterocycles. The van der Waals surface area contributed by atoms with Crippen LogP contribution in [0.5, 0.6) is 0 Å². The van der Waals surface area contributed by atoms with Crippen molar-refractivity contribution in [3.05, 3.63) is 11.8 Å².